The van der Waals surface area contributed by atoms with Crippen molar-refractivity contribution in [2.75, 3.05) is 0 Å². The Morgan fingerprint density at radius 3 is 3.20 bits per heavy atom. The Bertz CT molecular complexity index is 507. The number of carboxylic acids is 1. The molecule has 7 heteroatoms. The standard InChI is InChI=1S/C8H8ClN3O2S/c9-6-5(3-4(10)7(13)14)12-1-2-15-8(12)11-6/h1-2,4H,3,10H2,(H,13,14). The van der Waals surface area contributed by atoms with Gasteiger partial charge in [-0.1, -0.05) is 11.6 Å². The Morgan fingerprint density at radius 1 is 1.80 bits per heavy atom. The number of hydrogen-bond donors (Lipinski definition) is 2. The molecule has 0 amide bonds. The largest absolute Gasteiger partial charge is 0.480 e. The first kappa shape index (κ1) is 10.4. The molecule has 0 aromatic carbocycles. The zero-order valence-corrected chi connectivity index (χ0v) is 9.13. The zero-order valence-electron chi connectivity index (χ0n) is 7.55. The second-order valence-electron chi connectivity index (χ2n) is 3.05. The van der Waals surface area contributed by atoms with E-state index in [-0.39, 0.29) is 6.42 Å². The molecular weight excluding hydrogens is 238 g/mol. The van der Waals surface area contributed by atoms with E-state index in [0.717, 1.165) is 4.96 Å². The molecule has 0 bridgehead atoms. The van der Waals surface area contributed by atoms with Gasteiger partial charge in [0.15, 0.2) is 10.1 Å². The van der Waals surface area contributed by atoms with E-state index in [2.05, 4.69) is 4.98 Å². The van der Waals surface area contributed by atoms with Gasteiger partial charge < -0.3 is 10.8 Å². The third-order valence-electron chi connectivity index (χ3n) is 2.04. The summed E-state index contributed by atoms with van der Waals surface area (Å²) in [5, 5.41) is 10.9. The van der Waals surface area contributed by atoms with Crippen LogP contribution in [-0.2, 0) is 11.2 Å². The highest BCUT2D eigenvalue weighted by Gasteiger charge is 2.18. The molecule has 2 aromatic heterocycles. The Labute approximate surface area is 94.1 Å². The Kier molecular flexibility index (Phi) is 2.64. The molecule has 0 fully saturated rings. The van der Waals surface area contributed by atoms with Crippen LogP contribution in [0.15, 0.2) is 11.6 Å². The summed E-state index contributed by atoms with van der Waals surface area (Å²) in [6, 6.07) is -0.956. The molecule has 2 rings (SSSR count). The first-order chi connectivity index (χ1) is 7.09. The molecule has 1 atom stereocenters. The molecule has 0 spiro atoms. The van der Waals surface area contributed by atoms with Crippen molar-refractivity contribution in [2.24, 2.45) is 5.73 Å². The number of carbonyl (C=O) groups is 1. The molecule has 0 saturated carbocycles. The monoisotopic (exact) mass is 245 g/mol. The summed E-state index contributed by atoms with van der Waals surface area (Å²) in [6.07, 6.45) is 1.97. The molecule has 2 aromatic rings. The maximum atomic E-state index is 10.6. The van der Waals surface area contributed by atoms with Gasteiger partial charge in [-0.2, -0.15) is 0 Å². The first-order valence-corrected chi connectivity index (χ1v) is 5.43. The van der Waals surface area contributed by atoms with Gasteiger partial charge in [0.05, 0.1) is 5.69 Å². The van der Waals surface area contributed by atoms with Gasteiger partial charge >= 0.3 is 5.97 Å². The minimum atomic E-state index is -1.05. The van der Waals surface area contributed by atoms with Gasteiger partial charge in [-0.3, -0.25) is 9.20 Å². The molecule has 0 aliphatic heterocycles. The van der Waals surface area contributed by atoms with E-state index in [1.807, 2.05) is 5.38 Å². The molecule has 80 valence electrons. The fourth-order valence-corrected chi connectivity index (χ4v) is 2.32. The lowest BCUT2D eigenvalue weighted by atomic mass is 10.2. The first-order valence-electron chi connectivity index (χ1n) is 4.18. The smallest absolute Gasteiger partial charge is 0.320 e. The number of rotatable bonds is 3. The Morgan fingerprint density at radius 2 is 2.53 bits per heavy atom. The minimum Gasteiger partial charge on any atom is -0.480 e. The van der Waals surface area contributed by atoms with Crippen LogP contribution in [0, 0.1) is 0 Å². The maximum Gasteiger partial charge on any atom is 0.320 e. The van der Waals surface area contributed by atoms with Gasteiger partial charge in [-0.05, 0) is 0 Å². The van der Waals surface area contributed by atoms with Crippen LogP contribution in [0.2, 0.25) is 5.15 Å². The number of fused-ring (bicyclic) bond motifs is 1. The van der Waals surface area contributed by atoms with E-state index >= 15 is 0 Å². The van der Waals surface area contributed by atoms with Crippen LogP contribution in [0.1, 0.15) is 5.69 Å². The molecule has 2 heterocycles. The van der Waals surface area contributed by atoms with Gasteiger partial charge in [-0.25, -0.2) is 4.98 Å². The molecule has 1 unspecified atom stereocenters. The van der Waals surface area contributed by atoms with Crippen molar-refractivity contribution in [3.63, 3.8) is 0 Å². The summed E-state index contributed by atoms with van der Waals surface area (Å²) >= 11 is 7.32. The molecule has 0 aliphatic carbocycles. The van der Waals surface area contributed by atoms with E-state index < -0.39 is 12.0 Å². The summed E-state index contributed by atoms with van der Waals surface area (Å²) in [4.78, 5) is 15.4. The number of thiazole rings is 1. The third kappa shape index (κ3) is 1.83. The van der Waals surface area contributed by atoms with Gasteiger partial charge in [0.25, 0.3) is 0 Å². The average Bonchev–Trinajstić information content (AvgIpc) is 2.69. The highest BCUT2D eigenvalue weighted by Crippen LogP contribution is 2.22. The summed E-state index contributed by atoms with van der Waals surface area (Å²) < 4.78 is 1.76. The second kappa shape index (κ2) is 3.80. The summed E-state index contributed by atoms with van der Waals surface area (Å²) in [5.41, 5.74) is 6.08. The number of nitrogens with zero attached hydrogens (tertiary/aromatic N) is 2. The van der Waals surface area contributed by atoms with Crippen molar-refractivity contribution < 1.29 is 9.90 Å². The van der Waals surface area contributed by atoms with Crippen LogP contribution < -0.4 is 5.73 Å². The highest BCUT2D eigenvalue weighted by molar-refractivity contribution is 7.15. The van der Waals surface area contributed by atoms with E-state index in [1.165, 1.54) is 11.3 Å². The van der Waals surface area contributed by atoms with Crippen molar-refractivity contribution in [2.45, 2.75) is 12.5 Å². The molecule has 3 N–H and O–H groups in total. The van der Waals surface area contributed by atoms with E-state index in [0.29, 0.717) is 10.8 Å². The lowest BCUT2D eigenvalue weighted by molar-refractivity contribution is -0.138. The fraction of sp³-hybridized carbons (Fsp3) is 0.250. The molecular formula is C8H8ClN3O2S. The second-order valence-corrected chi connectivity index (χ2v) is 4.28. The van der Waals surface area contributed by atoms with Crippen molar-refractivity contribution in [1.29, 1.82) is 0 Å². The highest BCUT2D eigenvalue weighted by atomic mass is 35.5. The number of aromatic nitrogens is 2. The van der Waals surface area contributed by atoms with Gasteiger partial charge in [-0.15, -0.1) is 11.3 Å². The lowest BCUT2D eigenvalue weighted by Gasteiger charge is -2.05. The van der Waals surface area contributed by atoms with E-state index in [4.69, 9.17) is 22.4 Å². The number of halogens is 1. The quantitative estimate of drug-likeness (QED) is 0.846. The number of hydrogen-bond acceptors (Lipinski definition) is 4. The molecule has 0 radical (unpaired) electrons. The van der Waals surface area contributed by atoms with Crippen LogP contribution in [0.3, 0.4) is 0 Å². The molecule has 15 heavy (non-hydrogen) atoms. The number of carboxylic acid groups (broad SMARTS) is 1. The van der Waals surface area contributed by atoms with Crippen LogP contribution in [0.5, 0.6) is 0 Å². The minimum absolute atomic E-state index is 0.173. The van der Waals surface area contributed by atoms with Gasteiger partial charge in [0.2, 0.25) is 0 Å². The molecule has 5 nitrogen and oxygen atoms in total. The van der Waals surface area contributed by atoms with Crippen LogP contribution >= 0.6 is 22.9 Å². The van der Waals surface area contributed by atoms with Crippen molar-refractivity contribution in [3.05, 3.63) is 22.4 Å². The van der Waals surface area contributed by atoms with Crippen LogP contribution in [0.4, 0.5) is 0 Å². The Balaban J connectivity index is 2.37. The Hall–Kier alpha value is -1.11. The summed E-state index contributed by atoms with van der Waals surface area (Å²) in [7, 11) is 0. The van der Waals surface area contributed by atoms with Crippen molar-refractivity contribution >= 4 is 33.9 Å². The van der Waals surface area contributed by atoms with Crippen molar-refractivity contribution in [1.82, 2.24) is 9.38 Å². The average molecular weight is 246 g/mol. The fourth-order valence-electron chi connectivity index (χ4n) is 1.28. The van der Waals surface area contributed by atoms with E-state index in [1.54, 1.807) is 10.6 Å². The third-order valence-corrected chi connectivity index (χ3v) is 3.10. The SMILES string of the molecule is NC(Cc1c(Cl)nc2sccn12)C(=O)O. The number of imidazole rings is 1. The van der Waals surface area contributed by atoms with E-state index in [9.17, 15) is 4.79 Å². The lowest BCUT2D eigenvalue weighted by Crippen LogP contribution is -2.32. The topological polar surface area (TPSA) is 80.6 Å². The van der Waals surface area contributed by atoms with Crippen LogP contribution in [-0.4, -0.2) is 26.5 Å². The molecule has 0 saturated heterocycles. The van der Waals surface area contributed by atoms with Crippen molar-refractivity contribution in [3.8, 4) is 0 Å². The maximum absolute atomic E-state index is 10.6. The predicted molar refractivity (Wildman–Crippen MR) is 57.4 cm³/mol. The number of nitrogens with two attached hydrogens (primary N) is 1. The number of aliphatic carboxylic acids is 1. The normalized spacial score (nSPS) is 13.2. The molecule has 0 aliphatic rings. The van der Waals surface area contributed by atoms with Crippen LogP contribution in [0.25, 0.3) is 4.96 Å². The zero-order chi connectivity index (χ0) is 11.0. The van der Waals surface area contributed by atoms with Gasteiger partial charge in [0.1, 0.15) is 6.04 Å². The van der Waals surface area contributed by atoms with Gasteiger partial charge in [0, 0.05) is 18.0 Å². The summed E-state index contributed by atoms with van der Waals surface area (Å²) in [5.74, 6) is -1.05. The summed E-state index contributed by atoms with van der Waals surface area (Å²) in [6.45, 7) is 0. The predicted octanol–water partition coefficient (Wildman–Crippen LogP) is 1.00.